The van der Waals surface area contributed by atoms with Gasteiger partial charge in [-0.25, -0.2) is 0 Å². The number of rotatable bonds is 2. The molecule has 0 heterocycles. The van der Waals surface area contributed by atoms with Crippen molar-refractivity contribution < 1.29 is 30.4 Å². The van der Waals surface area contributed by atoms with Gasteiger partial charge in [-0.15, -0.1) is 0 Å². The van der Waals surface area contributed by atoms with Crippen LogP contribution >= 0.6 is 0 Å². The number of allylic oxidation sites excluding steroid dienone is 4. The summed E-state index contributed by atoms with van der Waals surface area (Å²) in [6.45, 7) is 13.5. The molecule has 1 aromatic carbocycles. The van der Waals surface area contributed by atoms with Crippen LogP contribution in [0.5, 0.6) is 0 Å². The Labute approximate surface area is 122 Å². The molecule has 0 bridgehead atoms. The quantitative estimate of drug-likeness (QED) is 0.782. The number of carbonyl (C=O) groups excluding carboxylic acids is 3. The van der Waals surface area contributed by atoms with Gasteiger partial charge in [-0.05, 0) is 0 Å². The summed E-state index contributed by atoms with van der Waals surface area (Å²) in [5.74, 6) is 0. The summed E-state index contributed by atoms with van der Waals surface area (Å²) in [4.78, 5) is 22.5. The van der Waals surface area contributed by atoms with E-state index in [1.165, 1.54) is 15.6 Å². The number of hydrogen-bond acceptors (Lipinski definition) is 3. The third-order valence-corrected chi connectivity index (χ3v) is 2.53. The number of hydrogen-bond donors (Lipinski definition) is 0. The van der Waals surface area contributed by atoms with Crippen LogP contribution in [-0.4, -0.2) is 20.4 Å². The van der Waals surface area contributed by atoms with Crippen molar-refractivity contribution >= 4 is 20.4 Å². The fraction of sp³-hybridized carbons (Fsp3) is 0.133. The van der Waals surface area contributed by atoms with Gasteiger partial charge in [0.2, 0.25) is 0 Å². The zero-order chi connectivity index (χ0) is 15.1. The summed E-state index contributed by atoms with van der Waals surface area (Å²) in [6.07, 6.45) is 6.52. The van der Waals surface area contributed by atoms with Crippen molar-refractivity contribution in [2.24, 2.45) is 0 Å². The van der Waals surface area contributed by atoms with Gasteiger partial charge in [0, 0.05) is 0 Å². The molecule has 4 heteroatoms. The van der Waals surface area contributed by atoms with Crippen LogP contribution in [0.4, 0.5) is 0 Å². The van der Waals surface area contributed by atoms with E-state index in [1.807, 2.05) is 0 Å². The van der Waals surface area contributed by atoms with Gasteiger partial charge in [0.25, 0.3) is 20.4 Å². The minimum absolute atomic E-state index is 1.03. The molecule has 0 saturated heterocycles. The van der Waals surface area contributed by atoms with E-state index < -0.39 is 0 Å². The monoisotopic (exact) mass is 295 g/mol. The molecule has 1 aliphatic carbocycles. The van der Waals surface area contributed by atoms with Crippen molar-refractivity contribution in [3.63, 3.8) is 0 Å². The van der Waals surface area contributed by atoms with Gasteiger partial charge in [0.05, 0.1) is 0 Å². The predicted molar refractivity (Wildman–Crippen MR) is 68.0 cm³/mol. The van der Waals surface area contributed by atoms with Crippen molar-refractivity contribution in [1.82, 2.24) is 0 Å². The predicted octanol–water partition coefficient (Wildman–Crippen LogP) is 1.80. The summed E-state index contributed by atoms with van der Waals surface area (Å²) < 4.78 is 1.23. The van der Waals surface area contributed by atoms with E-state index >= 15 is 0 Å². The fourth-order valence-electron chi connectivity index (χ4n) is 1.50. The SMILES string of the molecule is [C]=O.[C]=O.[C]=O.[Fe][C]1=CC(Cc2ccccc2)=CC1. The van der Waals surface area contributed by atoms with E-state index in [4.69, 9.17) is 14.4 Å². The molecule has 0 saturated carbocycles. The van der Waals surface area contributed by atoms with E-state index in [0.29, 0.717) is 0 Å². The van der Waals surface area contributed by atoms with Crippen molar-refractivity contribution in [2.45, 2.75) is 12.8 Å². The second-order valence-corrected chi connectivity index (χ2v) is 3.93. The number of benzene rings is 1. The van der Waals surface area contributed by atoms with E-state index in [1.54, 1.807) is 0 Å². The van der Waals surface area contributed by atoms with Crippen molar-refractivity contribution in [3.8, 4) is 0 Å². The second kappa shape index (κ2) is 14.3. The summed E-state index contributed by atoms with van der Waals surface area (Å²) in [5.41, 5.74) is 2.77. The molecule has 0 aromatic heterocycles. The van der Waals surface area contributed by atoms with Crippen LogP contribution in [0, 0.1) is 0 Å². The summed E-state index contributed by atoms with van der Waals surface area (Å²) >= 11 is 3.94. The molecule has 19 heavy (non-hydrogen) atoms. The van der Waals surface area contributed by atoms with Crippen LogP contribution in [0.2, 0.25) is 0 Å². The molecule has 0 aliphatic heterocycles. The van der Waals surface area contributed by atoms with Gasteiger partial charge >= 0.3 is 86.9 Å². The first-order valence-electron chi connectivity index (χ1n) is 5.03. The van der Waals surface area contributed by atoms with Crippen LogP contribution in [0.25, 0.3) is 0 Å². The van der Waals surface area contributed by atoms with E-state index in [0.717, 1.165) is 12.8 Å². The first-order chi connectivity index (χ1) is 9.34. The van der Waals surface area contributed by atoms with Crippen LogP contribution < -0.4 is 0 Å². The Balaban J connectivity index is 0. The molecule has 1 aromatic rings. The van der Waals surface area contributed by atoms with E-state index in [-0.39, 0.29) is 0 Å². The molecule has 2 rings (SSSR count). The van der Waals surface area contributed by atoms with E-state index in [9.17, 15) is 0 Å². The Morgan fingerprint density at radius 1 is 0.947 bits per heavy atom. The molecule has 0 spiro atoms. The molecule has 97 valence electrons. The summed E-state index contributed by atoms with van der Waals surface area (Å²) in [6, 6.07) is 10.5. The maximum atomic E-state index is 7.50. The molecule has 1 aliphatic rings. The molecule has 0 unspecified atom stereocenters. The Kier molecular flexibility index (Phi) is 14.7. The molecule has 0 amide bonds. The van der Waals surface area contributed by atoms with Crippen LogP contribution in [-0.2, 0) is 36.8 Å². The Morgan fingerprint density at radius 2 is 1.47 bits per heavy atom. The first-order valence-corrected chi connectivity index (χ1v) is 5.59. The molecule has 0 atom stereocenters. The standard InChI is InChI=1S/C12H11.3CO.Fe/c1-2-6-11(7-3-1)10-12-8-4-5-9-12;3*1-2;/h1-3,6-9H,4,10H2;;;;. The Morgan fingerprint density at radius 3 is 1.89 bits per heavy atom. The molecular weight excluding hydrogens is 284 g/mol. The molecule has 6 radical (unpaired) electrons. The third-order valence-electron chi connectivity index (χ3n) is 2.14. The minimum atomic E-state index is 1.03. The second-order valence-electron chi connectivity index (χ2n) is 3.22. The fourth-order valence-corrected chi connectivity index (χ4v) is 1.81. The molecular formula is C15H11FeO3. The average Bonchev–Trinajstić information content (AvgIpc) is 2.92. The topological polar surface area (TPSA) is 51.2 Å². The zero-order valence-electron chi connectivity index (χ0n) is 10.0. The van der Waals surface area contributed by atoms with Gasteiger partial charge in [-0.2, -0.15) is 0 Å². The Bertz CT molecular complexity index is 394. The first kappa shape index (κ1) is 19.6. The molecule has 0 N–H and O–H groups in total. The van der Waals surface area contributed by atoms with Gasteiger partial charge in [0.1, 0.15) is 0 Å². The van der Waals surface area contributed by atoms with Gasteiger partial charge < -0.3 is 0 Å². The van der Waals surface area contributed by atoms with Crippen LogP contribution in [0.15, 0.2) is 52.5 Å². The molecule has 0 fully saturated rings. The van der Waals surface area contributed by atoms with Gasteiger partial charge in [-0.1, -0.05) is 0 Å². The van der Waals surface area contributed by atoms with Crippen LogP contribution in [0.3, 0.4) is 0 Å². The normalized spacial score (nSPS) is 11.2. The van der Waals surface area contributed by atoms with Gasteiger partial charge in [-0.3, -0.25) is 14.4 Å². The van der Waals surface area contributed by atoms with Crippen molar-refractivity contribution in [3.05, 3.63) is 58.1 Å². The third kappa shape index (κ3) is 8.89. The zero-order valence-corrected chi connectivity index (χ0v) is 11.1. The van der Waals surface area contributed by atoms with Crippen LogP contribution in [0.1, 0.15) is 12.0 Å². The summed E-state index contributed by atoms with van der Waals surface area (Å²) in [7, 11) is 0. The van der Waals surface area contributed by atoms with Gasteiger partial charge in [0.15, 0.2) is 0 Å². The maximum absolute atomic E-state index is 7.50. The van der Waals surface area contributed by atoms with Crippen molar-refractivity contribution in [1.29, 1.82) is 0 Å². The van der Waals surface area contributed by atoms with Crippen molar-refractivity contribution in [2.75, 3.05) is 0 Å². The summed E-state index contributed by atoms with van der Waals surface area (Å²) in [5, 5.41) is 0. The Hall–Kier alpha value is -1.77. The van der Waals surface area contributed by atoms with E-state index in [2.05, 4.69) is 78.9 Å². The average molecular weight is 295 g/mol. The molecule has 3 nitrogen and oxygen atoms in total.